The van der Waals surface area contributed by atoms with E-state index in [9.17, 15) is 4.79 Å². The lowest BCUT2D eigenvalue weighted by atomic mass is 10.2. The number of nitrogens with one attached hydrogen (secondary N) is 1. The molecule has 1 aromatic carbocycles. The Morgan fingerprint density at radius 2 is 1.95 bits per heavy atom. The molecule has 19 heavy (non-hydrogen) atoms. The first-order valence-corrected chi connectivity index (χ1v) is 5.66. The third kappa shape index (κ3) is 3.26. The smallest absolute Gasteiger partial charge is 0.271 e. The minimum absolute atomic E-state index is 0.114. The summed E-state index contributed by atoms with van der Waals surface area (Å²) in [6, 6.07) is 7.58. The van der Waals surface area contributed by atoms with Crippen molar-refractivity contribution in [1.82, 2.24) is 9.97 Å². The second kappa shape index (κ2) is 5.92. The zero-order chi connectivity index (χ0) is 13.7. The van der Waals surface area contributed by atoms with Crippen molar-refractivity contribution >= 4 is 17.4 Å². The van der Waals surface area contributed by atoms with E-state index < -0.39 is 5.91 Å². The fourth-order valence-electron chi connectivity index (χ4n) is 1.60. The van der Waals surface area contributed by atoms with Crippen molar-refractivity contribution in [3.05, 3.63) is 47.9 Å². The molecule has 0 radical (unpaired) electrons. The molecule has 1 aromatic heterocycles. The number of carbonyl (C=O) groups excluding carboxylic acids is 1. The molecule has 98 valence electrons. The van der Waals surface area contributed by atoms with Crippen LogP contribution in [0, 0.1) is 0 Å². The van der Waals surface area contributed by atoms with Crippen molar-refractivity contribution in [3.63, 3.8) is 0 Å². The number of primary amides is 1. The first kappa shape index (κ1) is 13.0. The standard InChI is InChI=1S/C13H14N4O2/c1-19-8-9-2-4-10(5-3-9)17-13-11(12(14)18)15-6-7-16-13/h2-7H,8H2,1H3,(H2,14,18)(H,16,17). The molecule has 1 amide bonds. The Labute approximate surface area is 110 Å². The number of methoxy groups -OCH3 is 1. The van der Waals surface area contributed by atoms with E-state index >= 15 is 0 Å². The van der Waals surface area contributed by atoms with Crippen LogP contribution in [0.2, 0.25) is 0 Å². The predicted molar refractivity (Wildman–Crippen MR) is 71.0 cm³/mol. The van der Waals surface area contributed by atoms with Gasteiger partial charge in [-0.15, -0.1) is 0 Å². The van der Waals surface area contributed by atoms with E-state index in [1.807, 2.05) is 24.3 Å². The topological polar surface area (TPSA) is 90.1 Å². The van der Waals surface area contributed by atoms with Crippen molar-refractivity contribution in [2.45, 2.75) is 6.61 Å². The van der Waals surface area contributed by atoms with Gasteiger partial charge >= 0.3 is 0 Å². The van der Waals surface area contributed by atoms with Gasteiger partial charge in [0.25, 0.3) is 5.91 Å². The van der Waals surface area contributed by atoms with Crippen molar-refractivity contribution in [2.24, 2.45) is 5.73 Å². The molecule has 0 fully saturated rings. The minimum atomic E-state index is -0.619. The van der Waals surface area contributed by atoms with Crippen LogP contribution in [0.1, 0.15) is 16.1 Å². The summed E-state index contributed by atoms with van der Waals surface area (Å²) < 4.78 is 5.03. The van der Waals surface area contributed by atoms with Gasteiger partial charge < -0.3 is 15.8 Å². The van der Waals surface area contributed by atoms with E-state index in [4.69, 9.17) is 10.5 Å². The zero-order valence-electron chi connectivity index (χ0n) is 10.5. The fraction of sp³-hybridized carbons (Fsp3) is 0.154. The number of amides is 1. The van der Waals surface area contributed by atoms with Crippen LogP contribution in [0.15, 0.2) is 36.7 Å². The van der Waals surface area contributed by atoms with Crippen LogP contribution in [-0.2, 0) is 11.3 Å². The van der Waals surface area contributed by atoms with Gasteiger partial charge in [-0.25, -0.2) is 9.97 Å². The molecule has 0 atom stereocenters. The quantitative estimate of drug-likeness (QED) is 0.847. The highest BCUT2D eigenvalue weighted by Crippen LogP contribution is 2.17. The molecule has 0 aliphatic heterocycles. The largest absolute Gasteiger partial charge is 0.380 e. The summed E-state index contributed by atoms with van der Waals surface area (Å²) in [7, 11) is 1.64. The van der Waals surface area contributed by atoms with E-state index in [2.05, 4.69) is 15.3 Å². The van der Waals surface area contributed by atoms with Crippen LogP contribution in [0.25, 0.3) is 0 Å². The molecule has 0 saturated heterocycles. The lowest BCUT2D eigenvalue weighted by molar-refractivity contribution is 0.0996. The predicted octanol–water partition coefficient (Wildman–Crippen LogP) is 1.47. The zero-order valence-corrected chi connectivity index (χ0v) is 10.5. The highest BCUT2D eigenvalue weighted by molar-refractivity contribution is 5.96. The second-order valence-corrected chi connectivity index (χ2v) is 3.87. The summed E-state index contributed by atoms with van der Waals surface area (Å²) in [5, 5.41) is 3.01. The van der Waals surface area contributed by atoms with Crippen molar-refractivity contribution < 1.29 is 9.53 Å². The maximum Gasteiger partial charge on any atom is 0.271 e. The van der Waals surface area contributed by atoms with Gasteiger partial charge in [-0.05, 0) is 17.7 Å². The number of nitrogens with zero attached hydrogens (tertiary/aromatic N) is 2. The molecular weight excluding hydrogens is 244 g/mol. The molecule has 6 nitrogen and oxygen atoms in total. The van der Waals surface area contributed by atoms with Crippen LogP contribution in [0.3, 0.4) is 0 Å². The van der Waals surface area contributed by atoms with Crippen LogP contribution >= 0.6 is 0 Å². The molecule has 0 unspecified atom stereocenters. The molecule has 0 bridgehead atoms. The monoisotopic (exact) mass is 258 g/mol. The first-order chi connectivity index (χ1) is 9.20. The minimum Gasteiger partial charge on any atom is -0.380 e. The van der Waals surface area contributed by atoms with Crippen LogP contribution in [-0.4, -0.2) is 23.0 Å². The summed E-state index contributed by atoms with van der Waals surface area (Å²) in [6.07, 6.45) is 2.92. The number of carbonyl (C=O) groups is 1. The summed E-state index contributed by atoms with van der Waals surface area (Å²) >= 11 is 0. The average molecular weight is 258 g/mol. The van der Waals surface area contributed by atoms with Gasteiger partial charge in [-0.1, -0.05) is 12.1 Å². The number of anilines is 2. The highest BCUT2D eigenvalue weighted by atomic mass is 16.5. The van der Waals surface area contributed by atoms with Crippen LogP contribution in [0.5, 0.6) is 0 Å². The van der Waals surface area contributed by atoms with Gasteiger partial charge in [0, 0.05) is 25.2 Å². The molecule has 0 aliphatic carbocycles. The van der Waals surface area contributed by atoms with Crippen molar-refractivity contribution in [1.29, 1.82) is 0 Å². The summed E-state index contributed by atoms with van der Waals surface area (Å²) in [4.78, 5) is 19.2. The first-order valence-electron chi connectivity index (χ1n) is 5.66. The number of rotatable bonds is 5. The third-order valence-electron chi connectivity index (χ3n) is 2.46. The number of hydrogen-bond acceptors (Lipinski definition) is 5. The number of nitrogens with two attached hydrogens (primary N) is 1. The van der Waals surface area contributed by atoms with E-state index in [0.29, 0.717) is 12.4 Å². The molecule has 1 heterocycles. The van der Waals surface area contributed by atoms with E-state index in [0.717, 1.165) is 11.3 Å². The highest BCUT2D eigenvalue weighted by Gasteiger charge is 2.10. The molecule has 2 aromatic rings. The Kier molecular flexibility index (Phi) is 4.04. The third-order valence-corrected chi connectivity index (χ3v) is 2.46. The Morgan fingerprint density at radius 1 is 1.26 bits per heavy atom. The van der Waals surface area contributed by atoms with Crippen molar-refractivity contribution in [2.75, 3.05) is 12.4 Å². The normalized spacial score (nSPS) is 10.2. The lowest BCUT2D eigenvalue weighted by Crippen LogP contribution is -2.16. The van der Waals surface area contributed by atoms with Crippen LogP contribution < -0.4 is 11.1 Å². The number of aromatic nitrogens is 2. The van der Waals surface area contributed by atoms with Gasteiger partial charge in [-0.2, -0.15) is 0 Å². The molecule has 3 N–H and O–H groups in total. The van der Waals surface area contributed by atoms with Crippen LogP contribution in [0.4, 0.5) is 11.5 Å². The Balaban J connectivity index is 2.19. The van der Waals surface area contributed by atoms with E-state index in [1.54, 1.807) is 7.11 Å². The average Bonchev–Trinajstić information content (AvgIpc) is 2.42. The maximum atomic E-state index is 11.2. The summed E-state index contributed by atoms with van der Waals surface area (Å²) in [5.41, 5.74) is 7.20. The van der Waals surface area contributed by atoms with E-state index in [-0.39, 0.29) is 5.69 Å². The number of benzene rings is 1. The second-order valence-electron chi connectivity index (χ2n) is 3.87. The van der Waals surface area contributed by atoms with Gasteiger partial charge in [-0.3, -0.25) is 4.79 Å². The molecule has 0 saturated carbocycles. The van der Waals surface area contributed by atoms with Gasteiger partial charge in [0.15, 0.2) is 11.5 Å². The molecule has 2 rings (SSSR count). The number of ether oxygens (including phenoxy) is 1. The SMILES string of the molecule is COCc1ccc(Nc2nccnc2C(N)=O)cc1. The molecular formula is C13H14N4O2. The van der Waals surface area contributed by atoms with Gasteiger partial charge in [0.05, 0.1) is 6.61 Å². The summed E-state index contributed by atoms with van der Waals surface area (Å²) in [6.45, 7) is 0.554. The fourth-order valence-corrected chi connectivity index (χ4v) is 1.60. The Hall–Kier alpha value is -2.47. The Bertz CT molecular complexity index is 569. The molecule has 6 heteroatoms. The van der Waals surface area contributed by atoms with Gasteiger partial charge in [0.2, 0.25) is 0 Å². The summed E-state index contributed by atoms with van der Waals surface area (Å²) in [5.74, 6) is -0.277. The maximum absolute atomic E-state index is 11.2. The number of hydrogen-bond donors (Lipinski definition) is 2. The molecule has 0 aliphatic rings. The van der Waals surface area contributed by atoms with Gasteiger partial charge in [0.1, 0.15) is 0 Å². The van der Waals surface area contributed by atoms with E-state index in [1.165, 1.54) is 12.4 Å². The Morgan fingerprint density at radius 3 is 2.58 bits per heavy atom. The molecule has 0 spiro atoms. The van der Waals surface area contributed by atoms with Crippen molar-refractivity contribution in [3.8, 4) is 0 Å². The lowest BCUT2D eigenvalue weighted by Gasteiger charge is -2.08.